The largest absolute Gasteiger partial charge is 0.493 e. The first-order valence-corrected chi connectivity index (χ1v) is 6.01. The van der Waals surface area contributed by atoms with Crippen LogP contribution in [0.25, 0.3) is 0 Å². The van der Waals surface area contributed by atoms with Crippen LogP contribution in [0, 0.1) is 18.3 Å². The Labute approximate surface area is 104 Å². The van der Waals surface area contributed by atoms with Crippen molar-refractivity contribution in [2.45, 2.75) is 12.8 Å². The smallest absolute Gasteiger partial charge is 0.176 e. The second-order valence-electron chi connectivity index (χ2n) is 3.86. The van der Waals surface area contributed by atoms with Gasteiger partial charge >= 0.3 is 0 Å². The third-order valence-electron chi connectivity index (χ3n) is 2.60. The molecule has 0 saturated heterocycles. The van der Waals surface area contributed by atoms with Crippen LogP contribution < -0.4 is 9.47 Å². The van der Waals surface area contributed by atoms with Gasteiger partial charge in [0.25, 0.3) is 0 Å². The fourth-order valence-corrected chi connectivity index (χ4v) is 1.99. The molecule has 0 spiro atoms. The summed E-state index contributed by atoms with van der Waals surface area (Å²) in [6.45, 7) is 0.739. The van der Waals surface area contributed by atoms with Crippen LogP contribution in [0.3, 0.4) is 0 Å². The maximum atomic E-state index is 5.76. The van der Waals surface area contributed by atoms with E-state index in [0.717, 1.165) is 16.6 Å². The molecular formula is C13H13BrO2. The molecule has 0 aliphatic heterocycles. The average Bonchev–Trinajstić information content (AvgIpc) is 3.11. The number of terminal acetylenes is 1. The van der Waals surface area contributed by atoms with Crippen molar-refractivity contribution in [1.29, 1.82) is 0 Å². The molecule has 3 heteroatoms. The second-order valence-corrected chi connectivity index (χ2v) is 4.65. The number of methoxy groups -OCH3 is 1. The highest BCUT2D eigenvalue weighted by atomic mass is 79.9. The summed E-state index contributed by atoms with van der Waals surface area (Å²) in [6, 6.07) is 3.68. The fraction of sp³-hybridized carbons (Fsp3) is 0.385. The van der Waals surface area contributed by atoms with Gasteiger partial charge in [-0.1, -0.05) is 5.92 Å². The molecule has 0 atom stereocenters. The molecule has 0 aromatic heterocycles. The Kier molecular flexibility index (Phi) is 3.40. The highest BCUT2D eigenvalue weighted by Gasteiger charge is 2.23. The summed E-state index contributed by atoms with van der Waals surface area (Å²) in [5.74, 6) is 4.74. The van der Waals surface area contributed by atoms with E-state index in [9.17, 15) is 0 Å². The van der Waals surface area contributed by atoms with Gasteiger partial charge < -0.3 is 9.47 Å². The van der Waals surface area contributed by atoms with Crippen LogP contribution in [0.4, 0.5) is 0 Å². The van der Waals surface area contributed by atoms with Crippen molar-refractivity contribution in [3.05, 3.63) is 22.2 Å². The number of hydrogen-bond acceptors (Lipinski definition) is 2. The van der Waals surface area contributed by atoms with Gasteiger partial charge in [-0.15, -0.1) is 6.42 Å². The van der Waals surface area contributed by atoms with Crippen molar-refractivity contribution < 1.29 is 9.47 Å². The molecule has 0 amide bonds. The molecule has 16 heavy (non-hydrogen) atoms. The van der Waals surface area contributed by atoms with Crippen molar-refractivity contribution in [3.8, 4) is 23.8 Å². The maximum absolute atomic E-state index is 5.76. The lowest BCUT2D eigenvalue weighted by Crippen LogP contribution is -2.02. The van der Waals surface area contributed by atoms with Crippen LogP contribution in [0.1, 0.15) is 18.4 Å². The molecule has 0 radical (unpaired) electrons. The summed E-state index contributed by atoms with van der Waals surface area (Å²) in [5.41, 5.74) is 0.784. The molecule has 0 unspecified atom stereocenters. The van der Waals surface area contributed by atoms with Gasteiger partial charge in [-0.25, -0.2) is 0 Å². The molecule has 1 aliphatic carbocycles. The molecule has 0 N–H and O–H groups in total. The summed E-state index contributed by atoms with van der Waals surface area (Å²) in [4.78, 5) is 0. The highest BCUT2D eigenvalue weighted by Crippen LogP contribution is 2.39. The maximum Gasteiger partial charge on any atom is 0.176 e. The zero-order chi connectivity index (χ0) is 11.5. The first kappa shape index (κ1) is 11.3. The molecule has 0 heterocycles. The number of halogens is 1. The summed E-state index contributed by atoms with van der Waals surface area (Å²) < 4.78 is 11.8. The SMILES string of the molecule is C#Cc1ccc(OC)c(OCC2CC2)c1Br. The first-order valence-electron chi connectivity index (χ1n) is 5.22. The molecule has 2 nitrogen and oxygen atoms in total. The van der Waals surface area contributed by atoms with E-state index in [1.54, 1.807) is 7.11 Å². The first-order chi connectivity index (χ1) is 7.76. The average molecular weight is 281 g/mol. The lowest BCUT2D eigenvalue weighted by Gasteiger charge is -2.13. The molecule has 1 saturated carbocycles. The standard InChI is InChI=1S/C13H13BrO2/c1-3-10-6-7-11(15-2)13(12(10)14)16-8-9-4-5-9/h1,6-7,9H,4-5,8H2,2H3. The Morgan fingerprint density at radius 3 is 2.81 bits per heavy atom. The lowest BCUT2D eigenvalue weighted by molar-refractivity contribution is 0.278. The van der Waals surface area contributed by atoms with Crippen LogP contribution >= 0.6 is 15.9 Å². The van der Waals surface area contributed by atoms with Crippen molar-refractivity contribution in [2.24, 2.45) is 5.92 Å². The van der Waals surface area contributed by atoms with Gasteiger partial charge in [0.15, 0.2) is 11.5 Å². The summed E-state index contributed by atoms with van der Waals surface area (Å²) in [5, 5.41) is 0. The molecule has 0 bridgehead atoms. The summed E-state index contributed by atoms with van der Waals surface area (Å²) in [6.07, 6.45) is 7.92. The lowest BCUT2D eigenvalue weighted by atomic mass is 10.2. The van der Waals surface area contributed by atoms with Crippen molar-refractivity contribution in [3.63, 3.8) is 0 Å². The van der Waals surface area contributed by atoms with E-state index >= 15 is 0 Å². The summed E-state index contributed by atoms with van der Waals surface area (Å²) >= 11 is 3.46. The molecular weight excluding hydrogens is 268 g/mol. The Bertz CT molecular complexity index is 430. The van der Waals surface area contributed by atoms with Crippen molar-refractivity contribution in [2.75, 3.05) is 13.7 Å². The van der Waals surface area contributed by atoms with Gasteiger partial charge in [-0.3, -0.25) is 0 Å². The predicted octanol–water partition coefficient (Wildman–Crippen LogP) is 3.23. The number of hydrogen-bond donors (Lipinski definition) is 0. The van der Waals surface area contributed by atoms with Gasteiger partial charge in [0.05, 0.1) is 18.2 Å². The van der Waals surface area contributed by atoms with Crippen LogP contribution in [-0.2, 0) is 0 Å². The van der Waals surface area contributed by atoms with Gasteiger partial charge in [0.2, 0.25) is 0 Å². The van der Waals surface area contributed by atoms with Gasteiger partial charge in [-0.2, -0.15) is 0 Å². The van der Waals surface area contributed by atoms with Crippen molar-refractivity contribution >= 4 is 15.9 Å². The van der Waals surface area contributed by atoms with E-state index in [1.165, 1.54) is 12.8 Å². The minimum atomic E-state index is 0.700. The predicted molar refractivity (Wildman–Crippen MR) is 66.8 cm³/mol. The van der Waals surface area contributed by atoms with E-state index in [-0.39, 0.29) is 0 Å². The molecule has 2 rings (SSSR count). The minimum Gasteiger partial charge on any atom is -0.493 e. The quantitative estimate of drug-likeness (QED) is 0.789. The Morgan fingerprint density at radius 1 is 1.50 bits per heavy atom. The Hall–Kier alpha value is -1.14. The molecule has 1 aliphatic rings. The second kappa shape index (κ2) is 4.80. The molecule has 1 fully saturated rings. The number of rotatable bonds is 4. The zero-order valence-corrected chi connectivity index (χ0v) is 10.7. The van der Waals surface area contributed by atoms with E-state index in [2.05, 4.69) is 21.9 Å². The van der Waals surface area contributed by atoms with Crippen LogP contribution in [-0.4, -0.2) is 13.7 Å². The van der Waals surface area contributed by atoms with Gasteiger partial charge in [0, 0.05) is 5.56 Å². The number of ether oxygens (including phenoxy) is 2. The molecule has 1 aromatic rings. The minimum absolute atomic E-state index is 0.700. The molecule has 84 valence electrons. The van der Waals surface area contributed by atoms with E-state index in [1.807, 2.05) is 12.1 Å². The number of benzene rings is 1. The highest BCUT2D eigenvalue weighted by molar-refractivity contribution is 9.10. The van der Waals surface area contributed by atoms with Crippen molar-refractivity contribution in [1.82, 2.24) is 0 Å². The monoisotopic (exact) mass is 280 g/mol. The third kappa shape index (κ3) is 2.33. The zero-order valence-electron chi connectivity index (χ0n) is 9.13. The third-order valence-corrected chi connectivity index (χ3v) is 3.38. The molecule has 1 aromatic carbocycles. The van der Waals surface area contributed by atoms with E-state index in [0.29, 0.717) is 17.4 Å². The fourth-order valence-electron chi connectivity index (χ4n) is 1.43. The Morgan fingerprint density at radius 2 is 2.25 bits per heavy atom. The van der Waals surface area contributed by atoms with Crippen LogP contribution in [0.15, 0.2) is 16.6 Å². The Balaban J connectivity index is 2.26. The van der Waals surface area contributed by atoms with Crippen LogP contribution in [0.2, 0.25) is 0 Å². The topological polar surface area (TPSA) is 18.5 Å². The van der Waals surface area contributed by atoms with E-state index < -0.39 is 0 Å². The van der Waals surface area contributed by atoms with Crippen LogP contribution in [0.5, 0.6) is 11.5 Å². The van der Waals surface area contributed by atoms with E-state index in [4.69, 9.17) is 15.9 Å². The van der Waals surface area contributed by atoms with Gasteiger partial charge in [0.1, 0.15) is 0 Å². The summed E-state index contributed by atoms with van der Waals surface area (Å²) in [7, 11) is 1.63. The normalized spacial score (nSPS) is 14.3. The van der Waals surface area contributed by atoms with Gasteiger partial charge in [-0.05, 0) is 46.8 Å².